The molecule has 0 atom stereocenters. The highest BCUT2D eigenvalue weighted by Gasteiger charge is 2.12. The van der Waals surface area contributed by atoms with Crippen LogP contribution in [0.4, 0.5) is 4.79 Å². The molecule has 2 aromatic heterocycles. The quantitative estimate of drug-likeness (QED) is 0.756. The molecule has 0 aliphatic heterocycles. The number of hydrogen-bond donors (Lipinski definition) is 2. The number of nitrogens with one attached hydrogen (secondary N) is 2. The molecule has 0 aromatic carbocycles. The van der Waals surface area contributed by atoms with Crippen LogP contribution in [-0.4, -0.2) is 32.3 Å². The van der Waals surface area contributed by atoms with Crippen molar-refractivity contribution >= 4 is 17.1 Å². The van der Waals surface area contributed by atoms with Crippen molar-refractivity contribution in [3.8, 4) is 0 Å². The largest absolute Gasteiger partial charge is 0.344 e. The van der Waals surface area contributed by atoms with Crippen molar-refractivity contribution in [1.82, 2.24) is 25.1 Å². The molecule has 0 unspecified atom stereocenters. The molecule has 0 aliphatic rings. The van der Waals surface area contributed by atoms with Gasteiger partial charge in [0.1, 0.15) is 5.39 Å². The van der Waals surface area contributed by atoms with Crippen molar-refractivity contribution in [2.24, 2.45) is 0 Å². The first-order valence-corrected chi connectivity index (χ1v) is 5.43. The Hall–Kier alpha value is -2.18. The van der Waals surface area contributed by atoms with Gasteiger partial charge in [-0.1, -0.05) is 13.3 Å². The number of fused-ring (bicyclic) bond motifs is 1. The van der Waals surface area contributed by atoms with E-state index in [1.54, 1.807) is 0 Å². The number of hydrogen-bond acceptors (Lipinski definition) is 4. The van der Waals surface area contributed by atoms with Crippen LogP contribution < -0.4 is 10.9 Å². The van der Waals surface area contributed by atoms with Gasteiger partial charge in [-0.25, -0.2) is 9.78 Å². The lowest BCUT2D eigenvalue weighted by Gasteiger charge is -2.03. The molecule has 7 heteroatoms. The van der Waals surface area contributed by atoms with Crippen LogP contribution in [0, 0.1) is 0 Å². The van der Waals surface area contributed by atoms with Crippen LogP contribution in [0.15, 0.2) is 17.3 Å². The number of aromatic amines is 1. The maximum Gasteiger partial charge on any atom is 0.344 e. The van der Waals surface area contributed by atoms with Crippen LogP contribution in [0.3, 0.4) is 0 Å². The Morgan fingerprint density at radius 1 is 1.59 bits per heavy atom. The molecule has 0 fully saturated rings. The summed E-state index contributed by atoms with van der Waals surface area (Å²) in [5, 5.41) is 6.87. The summed E-state index contributed by atoms with van der Waals surface area (Å²) in [6.45, 7) is 2.62. The van der Waals surface area contributed by atoms with E-state index < -0.39 is 0 Å². The third-order valence-electron chi connectivity index (χ3n) is 2.37. The molecule has 0 radical (unpaired) electrons. The van der Waals surface area contributed by atoms with Crippen LogP contribution in [0.1, 0.15) is 19.8 Å². The molecule has 17 heavy (non-hydrogen) atoms. The van der Waals surface area contributed by atoms with Crippen LogP contribution in [0.25, 0.3) is 11.0 Å². The number of amides is 1. The highest BCUT2D eigenvalue weighted by atomic mass is 16.2. The summed E-state index contributed by atoms with van der Waals surface area (Å²) in [6.07, 6.45) is 4.49. The molecule has 90 valence electrons. The fraction of sp³-hybridized carbons (Fsp3) is 0.400. The molecule has 0 spiro atoms. The highest BCUT2D eigenvalue weighted by Crippen LogP contribution is 2.03. The molecule has 0 saturated carbocycles. The molecule has 2 rings (SSSR count). The summed E-state index contributed by atoms with van der Waals surface area (Å²) in [6, 6.07) is -0.369. The first kappa shape index (κ1) is 11.3. The van der Waals surface area contributed by atoms with Crippen molar-refractivity contribution in [1.29, 1.82) is 0 Å². The van der Waals surface area contributed by atoms with E-state index in [4.69, 9.17) is 0 Å². The fourth-order valence-corrected chi connectivity index (χ4v) is 1.45. The Bertz CT molecular complexity index is 586. The molecular formula is C10H13N5O2. The summed E-state index contributed by atoms with van der Waals surface area (Å²) in [5.41, 5.74) is -0.0367. The van der Waals surface area contributed by atoms with Gasteiger partial charge in [-0.3, -0.25) is 4.79 Å². The maximum absolute atomic E-state index is 11.7. The van der Waals surface area contributed by atoms with Gasteiger partial charge < -0.3 is 10.3 Å². The van der Waals surface area contributed by atoms with Crippen molar-refractivity contribution in [2.45, 2.75) is 19.8 Å². The Balaban J connectivity index is 2.27. The van der Waals surface area contributed by atoms with E-state index in [2.05, 4.69) is 20.4 Å². The Kier molecular flexibility index (Phi) is 3.17. The lowest BCUT2D eigenvalue weighted by Crippen LogP contribution is -2.30. The number of nitrogens with zero attached hydrogens (tertiary/aromatic N) is 3. The topological polar surface area (TPSA) is 92.7 Å². The van der Waals surface area contributed by atoms with Crippen molar-refractivity contribution in [3.05, 3.63) is 22.9 Å². The molecule has 2 heterocycles. The van der Waals surface area contributed by atoms with Gasteiger partial charge in [0.25, 0.3) is 5.56 Å². The van der Waals surface area contributed by atoms with Crippen LogP contribution >= 0.6 is 0 Å². The van der Waals surface area contributed by atoms with E-state index in [-0.39, 0.29) is 17.2 Å². The van der Waals surface area contributed by atoms with Gasteiger partial charge in [0.15, 0.2) is 5.65 Å². The minimum atomic E-state index is -0.369. The van der Waals surface area contributed by atoms with Crippen molar-refractivity contribution < 1.29 is 4.79 Å². The summed E-state index contributed by atoms with van der Waals surface area (Å²) in [7, 11) is 0. The molecule has 2 N–H and O–H groups in total. The Labute approximate surface area is 96.9 Å². The first-order valence-electron chi connectivity index (χ1n) is 5.43. The zero-order valence-electron chi connectivity index (χ0n) is 9.43. The van der Waals surface area contributed by atoms with Crippen molar-refractivity contribution in [3.63, 3.8) is 0 Å². The minimum Gasteiger partial charge on any atom is -0.336 e. The zero-order chi connectivity index (χ0) is 12.3. The lowest BCUT2D eigenvalue weighted by molar-refractivity contribution is 0.240. The van der Waals surface area contributed by atoms with Crippen LogP contribution in [0.5, 0.6) is 0 Å². The van der Waals surface area contributed by atoms with E-state index in [1.807, 2.05) is 6.92 Å². The lowest BCUT2D eigenvalue weighted by atomic mass is 10.3. The average molecular weight is 235 g/mol. The number of rotatable bonds is 3. The van der Waals surface area contributed by atoms with E-state index in [0.717, 1.165) is 17.5 Å². The van der Waals surface area contributed by atoms with Gasteiger partial charge in [0.05, 0.1) is 12.5 Å². The number of H-pyrrole nitrogens is 1. The molecule has 0 aliphatic carbocycles. The molecule has 1 amide bonds. The smallest absolute Gasteiger partial charge is 0.336 e. The Morgan fingerprint density at radius 3 is 3.18 bits per heavy atom. The van der Waals surface area contributed by atoms with Gasteiger partial charge in [-0.15, -0.1) is 0 Å². The van der Waals surface area contributed by atoms with Gasteiger partial charge in [-0.2, -0.15) is 9.78 Å². The fourth-order valence-electron chi connectivity index (χ4n) is 1.45. The van der Waals surface area contributed by atoms with E-state index >= 15 is 0 Å². The summed E-state index contributed by atoms with van der Waals surface area (Å²) >= 11 is 0. The number of aromatic nitrogens is 4. The van der Waals surface area contributed by atoms with E-state index in [9.17, 15) is 9.59 Å². The van der Waals surface area contributed by atoms with E-state index in [0.29, 0.717) is 11.9 Å². The molecule has 0 saturated heterocycles. The normalized spacial score (nSPS) is 10.6. The van der Waals surface area contributed by atoms with Crippen molar-refractivity contribution in [2.75, 3.05) is 6.54 Å². The zero-order valence-corrected chi connectivity index (χ0v) is 9.43. The monoisotopic (exact) mass is 235 g/mol. The second kappa shape index (κ2) is 4.77. The van der Waals surface area contributed by atoms with Gasteiger partial charge in [-0.05, 0) is 6.42 Å². The highest BCUT2D eigenvalue weighted by molar-refractivity contribution is 5.86. The summed E-state index contributed by atoms with van der Waals surface area (Å²) in [5.74, 6) is 0. The predicted molar refractivity (Wildman–Crippen MR) is 61.9 cm³/mol. The number of unbranched alkanes of at least 4 members (excludes halogenated alkanes) is 1. The summed E-state index contributed by atoms with van der Waals surface area (Å²) in [4.78, 5) is 29.5. The minimum absolute atomic E-state index is 0.266. The molecular weight excluding hydrogens is 222 g/mol. The molecule has 0 bridgehead atoms. The standard InChI is InChI=1S/C10H13N5O2/c1-2-3-4-11-10(17)15-8-7(5-14-15)9(16)13-6-12-8/h5-6H,2-4H2,1H3,(H,11,17)(H,12,13,16). The van der Waals surface area contributed by atoms with Gasteiger partial charge in [0.2, 0.25) is 0 Å². The average Bonchev–Trinajstić information content (AvgIpc) is 2.74. The number of carbonyl (C=O) groups is 1. The second-order valence-electron chi connectivity index (χ2n) is 3.61. The first-order chi connectivity index (χ1) is 8.24. The van der Waals surface area contributed by atoms with Crippen LogP contribution in [-0.2, 0) is 0 Å². The predicted octanol–water partition coefficient (Wildman–Crippen LogP) is 0.477. The van der Waals surface area contributed by atoms with Gasteiger partial charge in [0, 0.05) is 6.54 Å². The third-order valence-corrected chi connectivity index (χ3v) is 2.37. The SMILES string of the molecule is CCCCNC(=O)n1ncc2c(=O)[nH]cnc21. The Morgan fingerprint density at radius 2 is 2.41 bits per heavy atom. The maximum atomic E-state index is 11.7. The second-order valence-corrected chi connectivity index (χ2v) is 3.61. The van der Waals surface area contributed by atoms with Gasteiger partial charge >= 0.3 is 6.03 Å². The molecule has 2 aromatic rings. The third kappa shape index (κ3) is 2.17. The molecule has 7 nitrogen and oxygen atoms in total. The van der Waals surface area contributed by atoms with Crippen LogP contribution in [0.2, 0.25) is 0 Å². The van der Waals surface area contributed by atoms with E-state index in [1.165, 1.54) is 12.5 Å². The summed E-state index contributed by atoms with van der Waals surface area (Å²) < 4.78 is 1.10. The number of carbonyl (C=O) groups excluding carboxylic acids is 1.